The average molecular weight is 125 g/mol. The van der Waals surface area contributed by atoms with Crippen LogP contribution in [0, 0.1) is 6.57 Å². The van der Waals surface area contributed by atoms with Crippen molar-refractivity contribution in [3.8, 4) is 0 Å². The van der Waals surface area contributed by atoms with Crippen LogP contribution in [0.15, 0.2) is 6.20 Å². The SMILES string of the molecule is [C-]#[N+]c1cnc(N)s1. The zero-order valence-corrected chi connectivity index (χ0v) is 4.77. The van der Waals surface area contributed by atoms with Crippen LogP contribution in [0.5, 0.6) is 0 Å². The Morgan fingerprint density at radius 3 is 2.88 bits per heavy atom. The van der Waals surface area contributed by atoms with Crippen molar-refractivity contribution >= 4 is 21.5 Å². The van der Waals surface area contributed by atoms with Gasteiger partial charge in [-0.3, -0.25) is 0 Å². The molecule has 0 aliphatic rings. The van der Waals surface area contributed by atoms with E-state index in [1.807, 2.05) is 0 Å². The highest BCUT2D eigenvalue weighted by Crippen LogP contribution is 2.22. The molecule has 1 heterocycles. The number of thiazole rings is 1. The van der Waals surface area contributed by atoms with Gasteiger partial charge in [0.2, 0.25) is 0 Å². The lowest BCUT2D eigenvalue weighted by atomic mass is 10.9. The van der Waals surface area contributed by atoms with Gasteiger partial charge >= 0.3 is 0 Å². The van der Waals surface area contributed by atoms with E-state index in [1.54, 1.807) is 0 Å². The minimum atomic E-state index is 0.455. The van der Waals surface area contributed by atoms with E-state index < -0.39 is 0 Å². The van der Waals surface area contributed by atoms with Gasteiger partial charge in [-0.1, -0.05) is 0 Å². The van der Waals surface area contributed by atoms with Gasteiger partial charge in [0, 0.05) is 6.20 Å². The Labute approximate surface area is 50.6 Å². The lowest BCUT2D eigenvalue weighted by molar-refractivity contribution is 1.43. The third-order valence-electron chi connectivity index (χ3n) is 0.622. The molecule has 0 saturated carbocycles. The second-order valence-corrected chi connectivity index (χ2v) is 2.19. The van der Waals surface area contributed by atoms with Crippen molar-refractivity contribution in [2.75, 3.05) is 5.73 Å². The Morgan fingerprint density at radius 2 is 2.62 bits per heavy atom. The van der Waals surface area contributed by atoms with Gasteiger partial charge in [0.15, 0.2) is 5.13 Å². The van der Waals surface area contributed by atoms with Gasteiger partial charge in [-0.15, -0.1) is 11.3 Å². The summed E-state index contributed by atoms with van der Waals surface area (Å²) >= 11 is 1.20. The molecule has 1 aromatic rings. The zero-order chi connectivity index (χ0) is 5.98. The van der Waals surface area contributed by atoms with Crippen LogP contribution in [-0.4, -0.2) is 4.98 Å². The molecule has 0 amide bonds. The molecular weight excluding hydrogens is 122 g/mol. The standard InChI is InChI=1S/C4H3N3S/c1-6-3-2-7-4(5)8-3/h2H,(H2,5,7). The summed E-state index contributed by atoms with van der Waals surface area (Å²) in [4.78, 5) is 6.79. The van der Waals surface area contributed by atoms with Gasteiger partial charge in [-0.05, 0) is 0 Å². The first-order valence-corrected chi connectivity index (χ1v) is 2.73. The molecule has 3 nitrogen and oxygen atoms in total. The molecule has 1 rings (SSSR count). The van der Waals surface area contributed by atoms with Crippen LogP contribution in [0.1, 0.15) is 0 Å². The number of aromatic nitrogens is 1. The van der Waals surface area contributed by atoms with Crippen molar-refractivity contribution in [3.05, 3.63) is 17.6 Å². The number of rotatable bonds is 0. The molecule has 0 aliphatic carbocycles. The highest BCUT2D eigenvalue weighted by Gasteiger charge is 1.92. The fourth-order valence-electron chi connectivity index (χ4n) is 0.330. The summed E-state index contributed by atoms with van der Waals surface area (Å²) in [6, 6.07) is 0. The molecular formula is C4H3N3S. The van der Waals surface area contributed by atoms with Crippen molar-refractivity contribution in [2.24, 2.45) is 0 Å². The Balaban J connectivity index is 3.05. The summed E-state index contributed by atoms with van der Waals surface area (Å²) in [6.07, 6.45) is 1.47. The summed E-state index contributed by atoms with van der Waals surface area (Å²) in [7, 11) is 0. The molecule has 0 radical (unpaired) electrons. The Morgan fingerprint density at radius 1 is 1.88 bits per heavy atom. The maximum atomic E-state index is 6.50. The fraction of sp³-hybridized carbons (Fsp3) is 0. The summed E-state index contributed by atoms with van der Waals surface area (Å²) in [5, 5.41) is 0.999. The highest BCUT2D eigenvalue weighted by molar-refractivity contribution is 7.19. The zero-order valence-electron chi connectivity index (χ0n) is 3.96. The predicted molar refractivity (Wildman–Crippen MR) is 32.8 cm³/mol. The molecule has 0 saturated heterocycles. The van der Waals surface area contributed by atoms with E-state index in [1.165, 1.54) is 17.5 Å². The number of nitrogens with zero attached hydrogens (tertiary/aromatic N) is 2. The van der Waals surface area contributed by atoms with E-state index in [2.05, 4.69) is 9.83 Å². The molecule has 2 N–H and O–H groups in total. The molecule has 0 bridgehead atoms. The molecule has 4 heteroatoms. The number of hydrogen-bond acceptors (Lipinski definition) is 3. The third-order valence-corrected chi connectivity index (χ3v) is 1.34. The average Bonchev–Trinajstić information content (AvgIpc) is 2.14. The van der Waals surface area contributed by atoms with Crippen molar-refractivity contribution in [3.63, 3.8) is 0 Å². The smallest absolute Gasteiger partial charge is 0.262 e. The van der Waals surface area contributed by atoms with Gasteiger partial charge in [-0.25, -0.2) is 9.83 Å². The Bertz CT molecular complexity index is 221. The van der Waals surface area contributed by atoms with E-state index in [4.69, 9.17) is 12.3 Å². The Kier molecular flexibility index (Phi) is 1.14. The second-order valence-electron chi connectivity index (χ2n) is 1.15. The minimum Gasteiger partial charge on any atom is -0.376 e. The third kappa shape index (κ3) is 0.768. The first-order valence-electron chi connectivity index (χ1n) is 1.91. The molecule has 0 fully saturated rings. The summed E-state index contributed by atoms with van der Waals surface area (Å²) < 4.78 is 0. The van der Waals surface area contributed by atoms with Crippen LogP contribution in [0.2, 0.25) is 0 Å². The van der Waals surface area contributed by atoms with Gasteiger partial charge in [0.05, 0.1) is 6.57 Å². The van der Waals surface area contributed by atoms with Crippen LogP contribution in [-0.2, 0) is 0 Å². The number of hydrogen-bond donors (Lipinski definition) is 1. The quantitative estimate of drug-likeness (QED) is 0.531. The number of nitrogen functional groups attached to an aromatic ring is 1. The molecule has 0 unspecified atom stereocenters. The van der Waals surface area contributed by atoms with E-state index in [-0.39, 0.29) is 0 Å². The van der Waals surface area contributed by atoms with Crippen LogP contribution in [0.3, 0.4) is 0 Å². The van der Waals surface area contributed by atoms with Crippen molar-refractivity contribution < 1.29 is 0 Å². The van der Waals surface area contributed by atoms with Crippen LogP contribution >= 0.6 is 11.3 Å². The van der Waals surface area contributed by atoms with Crippen molar-refractivity contribution in [2.45, 2.75) is 0 Å². The molecule has 8 heavy (non-hydrogen) atoms. The molecule has 0 aliphatic heterocycles. The van der Waals surface area contributed by atoms with E-state index in [9.17, 15) is 0 Å². The first kappa shape index (κ1) is 5.06. The molecule has 40 valence electrons. The first-order chi connectivity index (χ1) is 3.83. The van der Waals surface area contributed by atoms with E-state index in [0.29, 0.717) is 10.1 Å². The highest BCUT2D eigenvalue weighted by atomic mass is 32.1. The normalized spacial score (nSPS) is 8.38. The maximum Gasteiger partial charge on any atom is 0.262 e. The van der Waals surface area contributed by atoms with Crippen LogP contribution < -0.4 is 5.73 Å². The monoisotopic (exact) mass is 125 g/mol. The largest absolute Gasteiger partial charge is 0.376 e. The lowest BCUT2D eigenvalue weighted by Crippen LogP contribution is -1.77. The topological polar surface area (TPSA) is 43.3 Å². The molecule has 0 spiro atoms. The fourth-order valence-corrected chi connectivity index (χ4v) is 0.801. The summed E-state index contributed by atoms with van der Waals surface area (Å²) in [6.45, 7) is 6.50. The van der Waals surface area contributed by atoms with Crippen molar-refractivity contribution in [1.82, 2.24) is 4.98 Å². The van der Waals surface area contributed by atoms with E-state index >= 15 is 0 Å². The maximum absolute atomic E-state index is 6.50. The minimum absolute atomic E-state index is 0.455. The number of anilines is 1. The molecule has 0 aromatic carbocycles. The molecule has 0 atom stereocenters. The van der Waals surface area contributed by atoms with Gasteiger partial charge < -0.3 is 5.73 Å². The molecule has 1 aromatic heterocycles. The predicted octanol–water partition coefficient (Wildman–Crippen LogP) is 1.28. The second kappa shape index (κ2) is 1.80. The van der Waals surface area contributed by atoms with Gasteiger partial charge in [-0.2, -0.15) is 0 Å². The summed E-state index contributed by atoms with van der Waals surface area (Å²) in [5.74, 6) is 0. The van der Waals surface area contributed by atoms with Crippen molar-refractivity contribution in [1.29, 1.82) is 0 Å². The van der Waals surface area contributed by atoms with Gasteiger partial charge in [0.1, 0.15) is 0 Å². The lowest BCUT2D eigenvalue weighted by Gasteiger charge is -1.70. The van der Waals surface area contributed by atoms with Crippen LogP contribution in [0.4, 0.5) is 10.1 Å². The Hall–Kier alpha value is -1.08. The number of nitrogens with two attached hydrogens (primary N) is 1. The van der Waals surface area contributed by atoms with Gasteiger partial charge in [0.25, 0.3) is 5.00 Å². The van der Waals surface area contributed by atoms with E-state index in [0.717, 1.165) is 0 Å². The van der Waals surface area contributed by atoms with Crippen LogP contribution in [0.25, 0.3) is 4.85 Å². The summed E-state index contributed by atoms with van der Waals surface area (Å²) in [5.41, 5.74) is 5.22.